The molecule has 0 radical (unpaired) electrons. The lowest BCUT2D eigenvalue weighted by Gasteiger charge is -2.26. The minimum Gasteiger partial charge on any atom is -0.393 e. The Morgan fingerprint density at radius 1 is 1.24 bits per heavy atom. The van der Waals surface area contributed by atoms with Crippen molar-refractivity contribution in [2.75, 3.05) is 11.5 Å². The topological polar surface area (TPSA) is 66.8 Å². The largest absolute Gasteiger partial charge is 0.393 e. The number of ether oxygens (including phenoxy) is 1. The predicted molar refractivity (Wildman–Crippen MR) is 69.7 cm³/mol. The van der Waals surface area contributed by atoms with Gasteiger partial charge in [0.15, 0.2) is 0 Å². The molecule has 1 N–H and O–H groups in total. The van der Waals surface area contributed by atoms with Crippen molar-refractivity contribution >= 4 is 17.5 Å². The van der Waals surface area contributed by atoms with Crippen LogP contribution in [0.5, 0.6) is 0 Å². The molecule has 3 aliphatic heterocycles. The lowest BCUT2D eigenvalue weighted by Crippen LogP contribution is -2.43. The van der Waals surface area contributed by atoms with Gasteiger partial charge in [0.1, 0.15) is 11.4 Å². The first kappa shape index (κ1) is 12.7. The second kappa shape index (κ2) is 3.99. The van der Waals surface area contributed by atoms with Crippen molar-refractivity contribution in [2.24, 2.45) is 11.8 Å². The first-order valence-electron chi connectivity index (χ1n) is 6.69. The Morgan fingerprint density at radius 3 is 2.62 bits per heavy atom. The number of benzene rings is 1. The summed E-state index contributed by atoms with van der Waals surface area (Å²) in [4.78, 5) is 26.2. The van der Waals surface area contributed by atoms with Gasteiger partial charge in [-0.1, -0.05) is 12.2 Å². The molecule has 2 amide bonds. The summed E-state index contributed by atoms with van der Waals surface area (Å²) in [6.07, 6.45) is 2.90. The molecular formula is C15H12FNO4. The zero-order chi connectivity index (χ0) is 14.8. The van der Waals surface area contributed by atoms with Crippen LogP contribution in [0.15, 0.2) is 36.4 Å². The second-order valence-electron chi connectivity index (χ2n) is 5.55. The molecule has 0 saturated carbocycles. The number of amides is 2. The fourth-order valence-corrected chi connectivity index (χ4v) is 3.53. The smallest absolute Gasteiger partial charge is 0.241 e. The molecule has 0 aliphatic carbocycles. The van der Waals surface area contributed by atoms with Gasteiger partial charge in [0.25, 0.3) is 0 Å². The number of rotatable bonds is 2. The van der Waals surface area contributed by atoms with Crippen molar-refractivity contribution in [1.29, 1.82) is 0 Å². The van der Waals surface area contributed by atoms with Gasteiger partial charge in [-0.15, -0.1) is 0 Å². The van der Waals surface area contributed by atoms with Crippen LogP contribution < -0.4 is 4.90 Å². The van der Waals surface area contributed by atoms with Gasteiger partial charge in [-0.3, -0.25) is 9.59 Å². The second-order valence-corrected chi connectivity index (χ2v) is 5.55. The Hall–Kier alpha value is -2.05. The SMILES string of the molecule is O=C1[C@H]2[C@H]3C=C[C@@](CO)(O3)[C@H]2C(=O)N1c1ccc(F)cc1. The third kappa shape index (κ3) is 1.46. The molecule has 21 heavy (non-hydrogen) atoms. The molecule has 1 aromatic carbocycles. The molecule has 2 fully saturated rings. The third-order valence-corrected chi connectivity index (χ3v) is 4.49. The molecule has 6 heteroatoms. The van der Waals surface area contributed by atoms with Crippen LogP contribution in [0.4, 0.5) is 10.1 Å². The van der Waals surface area contributed by atoms with E-state index in [1.54, 1.807) is 12.2 Å². The van der Waals surface area contributed by atoms with Crippen LogP contribution in [0, 0.1) is 17.7 Å². The van der Waals surface area contributed by atoms with Gasteiger partial charge in [0.2, 0.25) is 11.8 Å². The molecule has 5 nitrogen and oxygen atoms in total. The van der Waals surface area contributed by atoms with Gasteiger partial charge in [-0.25, -0.2) is 9.29 Å². The number of imide groups is 1. The van der Waals surface area contributed by atoms with E-state index in [1.165, 1.54) is 24.3 Å². The molecule has 4 rings (SSSR count). The molecule has 0 unspecified atom stereocenters. The summed E-state index contributed by atoms with van der Waals surface area (Å²) < 4.78 is 18.6. The molecule has 1 aromatic rings. The number of carbonyl (C=O) groups excluding carboxylic acids is 2. The van der Waals surface area contributed by atoms with Crippen LogP contribution in [0.1, 0.15) is 0 Å². The minimum absolute atomic E-state index is 0.341. The highest BCUT2D eigenvalue weighted by molar-refractivity contribution is 6.23. The van der Waals surface area contributed by atoms with Crippen LogP contribution in [0.25, 0.3) is 0 Å². The summed E-state index contributed by atoms with van der Waals surface area (Å²) in [5, 5.41) is 9.58. The average molecular weight is 289 g/mol. The summed E-state index contributed by atoms with van der Waals surface area (Å²) in [6.45, 7) is -0.350. The van der Waals surface area contributed by atoms with E-state index < -0.39 is 35.3 Å². The van der Waals surface area contributed by atoms with E-state index in [0.29, 0.717) is 5.69 Å². The summed E-state index contributed by atoms with van der Waals surface area (Å²) in [5.74, 6) is -2.52. The summed E-state index contributed by atoms with van der Waals surface area (Å²) in [5.41, 5.74) is -0.759. The highest BCUT2D eigenvalue weighted by Gasteiger charge is 2.67. The van der Waals surface area contributed by atoms with E-state index in [9.17, 15) is 19.1 Å². The van der Waals surface area contributed by atoms with E-state index in [2.05, 4.69) is 0 Å². The molecule has 2 saturated heterocycles. The Balaban J connectivity index is 1.77. The zero-order valence-corrected chi connectivity index (χ0v) is 10.9. The monoisotopic (exact) mass is 289 g/mol. The molecule has 108 valence electrons. The first-order valence-corrected chi connectivity index (χ1v) is 6.69. The van der Waals surface area contributed by atoms with Crippen molar-refractivity contribution in [3.05, 3.63) is 42.2 Å². The molecular weight excluding hydrogens is 277 g/mol. The van der Waals surface area contributed by atoms with Crippen LogP contribution in [0.2, 0.25) is 0 Å². The van der Waals surface area contributed by atoms with E-state index in [1.807, 2.05) is 0 Å². The van der Waals surface area contributed by atoms with E-state index in [-0.39, 0.29) is 12.5 Å². The number of hydrogen-bond acceptors (Lipinski definition) is 4. The minimum atomic E-state index is -1.10. The standard InChI is InChI=1S/C15H12FNO4/c16-8-1-3-9(4-2-8)17-13(19)11-10-5-6-15(7-18,21-10)12(11)14(17)20/h1-6,10-12,18H,7H2/t10-,11+,12-,15+/m1/s1. The fraction of sp³-hybridized carbons (Fsp3) is 0.333. The first-order chi connectivity index (χ1) is 10.1. The third-order valence-electron chi connectivity index (χ3n) is 4.49. The van der Waals surface area contributed by atoms with E-state index in [4.69, 9.17) is 4.74 Å². The van der Waals surface area contributed by atoms with Crippen LogP contribution in [0.3, 0.4) is 0 Å². The average Bonchev–Trinajstić information content (AvgIpc) is 3.12. The quantitative estimate of drug-likeness (QED) is 0.640. The maximum atomic E-state index is 13.0. The number of hydrogen-bond donors (Lipinski definition) is 1. The molecule has 3 aliphatic rings. The fourth-order valence-electron chi connectivity index (χ4n) is 3.53. The Labute approximate surface area is 119 Å². The summed E-state index contributed by atoms with van der Waals surface area (Å²) >= 11 is 0. The number of aliphatic hydroxyl groups excluding tert-OH is 1. The van der Waals surface area contributed by atoms with Gasteiger partial charge < -0.3 is 9.84 Å². The van der Waals surface area contributed by atoms with Crippen LogP contribution in [-0.4, -0.2) is 35.2 Å². The van der Waals surface area contributed by atoms with Gasteiger partial charge in [-0.2, -0.15) is 0 Å². The number of halogens is 1. The Bertz CT molecular complexity index is 671. The van der Waals surface area contributed by atoms with Gasteiger partial charge in [0.05, 0.1) is 30.2 Å². The van der Waals surface area contributed by atoms with E-state index >= 15 is 0 Å². The zero-order valence-electron chi connectivity index (χ0n) is 10.9. The number of nitrogens with zero attached hydrogens (tertiary/aromatic N) is 1. The van der Waals surface area contributed by atoms with Gasteiger partial charge >= 0.3 is 0 Å². The number of anilines is 1. The van der Waals surface area contributed by atoms with Crippen molar-refractivity contribution in [2.45, 2.75) is 11.7 Å². The Kier molecular flexibility index (Phi) is 2.41. The van der Waals surface area contributed by atoms with Crippen molar-refractivity contribution in [3.63, 3.8) is 0 Å². The normalized spacial score (nSPS) is 36.7. The van der Waals surface area contributed by atoms with Crippen LogP contribution >= 0.6 is 0 Å². The van der Waals surface area contributed by atoms with Crippen molar-refractivity contribution < 1.29 is 23.8 Å². The number of aliphatic hydroxyl groups is 1. The summed E-state index contributed by atoms with van der Waals surface area (Å²) in [7, 11) is 0. The van der Waals surface area contributed by atoms with Gasteiger partial charge in [-0.05, 0) is 24.3 Å². The number of fused-ring (bicyclic) bond motifs is 5. The molecule has 0 spiro atoms. The highest BCUT2D eigenvalue weighted by atomic mass is 19.1. The molecule has 4 atom stereocenters. The lowest BCUT2D eigenvalue weighted by molar-refractivity contribution is -0.128. The molecule has 0 aromatic heterocycles. The molecule has 3 heterocycles. The van der Waals surface area contributed by atoms with Crippen molar-refractivity contribution in [3.8, 4) is 0 Å². The maximum absolute atomic E-state index is 13.0. The maximum Gasteiger partial charge on any atom is 0.241 e. The highest BCUT2D eigenvalue weighted by Crippen LogP contribution is 2.52. The summed E-state index contributed by atoms with van der Waals surface area (Å²) in [6, 6.07) is 5.20. The molecule has 2 bridgehead atoms. The predicted octanol–water partition coefficient (Wildman–Crippen LogP) is 0.631. The van der Waals surface area contributed by atoms with E-state index in [0.717, 1.165) is 4.90 Å². The number of carbonyl (C=O) groups is 2. The van der Waals surface area contributed by atoms with Gasteiger partial charge in [0, 0.05) is 0 Å². The lowest BCUT2D eigenvalue weighted by atomic mass is 9.77. The Morgan fingerprint density at radius 2 is 1.95 bits per heavy atom. The van der Waals surface area contributed by atoms with Crippen LogP contribution in [-0.2, 0) is 14.3 Å². The van der Waals surface area contributed by atoms with Crippen molar-refractivity contribution in [1.82, 2.24) is 0 Å².